The molecule has 0 heterocycles. The number of nitrogens with one attached hydrogen (secondary N) is 1. The SMILES string of the molecule is CNCCCN(c1ccc(F)cc1)S(C)(=O)=O. The maximum absolute atomic E-state index is 12.8. The Morgan fingerprint density at radius 3 is 2.35 bits per heavy atom. The Kier molecular flexibility index (Phi) is 4.89. The van der Waals surface area contributed by atoms with Crippen molar-refractivity contribution in [2.75, 3.05) is 30.7 Å². The second-order valence-corrected chi connectivity index (χ2v) is 5.68. The molecule has 0 fully saturated rings. The number of hydrogen-bond acceptors (Lipinski definition) is 3. The molecule has 0 atom stereocenters. The van der Waals surface area contributed by atoms with Crippen LogP contribution in [0.15, 0.2) is 24.3 Å². The zero-order valence-corrected chi connectivity index (χ0v) is 10.8. The van der Waals surface area contributed by atoms with E-state index in [0.717, 1.165) is 12.8 Å². The van der Waals surface area contributed by atoms with Crippen molar-refractivity contribution in [2.24, 2.45) is 0 Å². The number of sulfonamides is 1. The summed E-state index contributed by atoms with van der Waals surface area (Å²) in [5.74, 6) is -0.377. The van der Waals surface area contributed by atoms with Gasteiger partial charge in [-0.1, -0.05) is 0 Å². The molecular weight excluding hydrogens is 243 g/mol. The Bertz CT molecular complexity index is 445. The fourth-order valence-corrected chi connectivity index (χ4v) is 2.46. The van der Waals surface area contributed by atoms with Gasteiger partial charge in [0.25, 0.3) is 0 Å². The van der Waals surface area contributed by atoms with Crippen molar-refractivity contribution in [3.63, 3.8) is 0 Å². The van der Waals surface area contributed by atoms with Crippen molar-refractivity contribution in [1.29, 1.82) is 0 Å². The van der Waals surface area contributed by atoms with Crippen LogP contribution in [0, 0.1) is 5.82 Å². The predicted octanol–water partition coefficient (Wildman–Crippen LogP) is 1.20. The zero-order valence-electron chi connectivity index (χ0n) is 9.98. The minimum absolute atomic E-state index is 0.377. The summed E-state index contributed by atoms with van der Waals surface area (Å²) in [4.78, 5) is 0. The van der Waals surface area contributed by atoms with Crippen molar-refractivity contribution < 1.29 is 12.8 Å². The Morgan fingerprint density at radius 1 is 1.29 bits per heavy atom. The van der Waals surface area contributed by atoms with Crippen LogP contribution in [0.5, 0.6) is 0 Å². The van der Waals surface area contributed by atoms with Gasteiger partial charge < -0.3 is 5.32 Å². The van der Waals surface area contributed by atoms with Gasteiger partial charge in [-0.25, -0.2) is 12.8 Å². The fourth-order valence-electron chi connectivity index (χ4n) is 1.49. The van der Waals surface area contributed by atoms with E-state index >= 15 is 0 Å². The highest BCUT2D eigenvalue weighted by atomic mass is 32.2. The summed E-state index contributed by atoms with van der Waals surface area (Å²) in [5, 5.41) is 2.95. The molecule has 1 aromatic rings. The van der Waals surface area contributed by atoms with Crippen LogP contribution in [0.3, 0.4) is 0 Å². The van der Waals surface area contributed by atoms with Crippen molar-refractivity contribution in [2.45, 2.75) is 6.42 Å². The summed E-state index contributed by atoms with van der Waals surface area (Å²) >= 11 is 0. The molecule has 4 nitrogen and oxygen atoms in total. The van der Waals surface area contributed by atoms with Crippen LogP contribution in [0.25, 0.3) is 0 Å². The average Bonchev–Trinajstić information content (AvgIpc) is 2.25. The van der Waals surface area contributed by atoms with Crippen molar-refractivity contribution in [3.05, 3.63) is 30.1 Å². The van der Waals surface area contributed by atoms with E-state index in [2.05, 4.69) is 5.32 Å². The molecule has 0 aromatic heterocycles. The normalized spacial score (nSPS) is 11.5. The molecule has 0 saturated heterocycles. The second kappa shape index (κ2) is 5.97. The largest absolute Gasteiger partial charge is 0.320 e. The van der Waals surface area contributed by atoms with Crippen molar-refractivity contribution in [3.8, 4) is 0 Å². The summed E-state index contributed by atoms with van der Waals surface area (Å²) in [6.45, 7) is 1.11. The zero-order chi connectivity index (χ0) is 12.9. The van der Waals surface area contributed by atoms with Gasteiger partial charge in [0.05, 0.1) is 11.9 Å². The molecule has 0 aliphatic rings. The predicted molar refractivity (Wildman–Crippen MR) is 67.1 cm³/mol. The molecule has 1 rings (SSSR count). The lowest BCUT2D eigenvalue weighted by Gasteiger charge is -2.22. The minimum atomic E-state index is -3.33. The van der Waals surface area contributed by atoms with E-state index in [0.29, 0.717) is 18.7 Å². The lowest BCUT2D eigenvalue weighted by atomic mass is 10.3. The maximum Gasteiger partial charge on any atom is 0.232 e. The van der Waals surface area contributed by atoms with Crippen molar-refractivity contribution in [1.82, 2.24) is 5.32 Å². The van der Waals surface area contributed by atoms with Gasteiger partial charge in [0.1, 0.15) is 5.82 Å². The topological polar surface area (TPSA) is 49.4 Å². The van der Waals surface area contributed by atoms with Gasteiger partial charge in [0, 0.05) is 6.54 Å². The molecule has 96 valence electrons. The maximum atomic E-state index is 12.8. The summed E-state index contributed by atoms with van der Waals surface area (Å²) in [7, 11) is -1.52. The lowest BCUT2D eigenvalue weighted by molar-refractivity contribution is 0.593. The first-order chi connectivity index (χ1) is 7.95. The first kappa shape index (κ1) is 13.9. The second-order valence-electron chi connectivity index (χ2n) is 3.77. The third-order valence-corrected chi connectivity index (χ3v) is 3.50. The van der Waals surface area contributed by atoms with Gasteiger partial charge in [0.15, 0.2) is 0 Å². The Morgan fingerprint density at radius 2 is 1.88 bits per heavy atom. The molecule has 0 spiro atoms. The van der Waals surface area contributed by atoms with E-state index in [1.807, 2.05) is 7.05 Å². The number of anilines is 1. The van der Waals surface area contributed by atoms with Gasteiger partial charge in [-0.2, -0.15) is 0 Å². The van der Waals surface area contributed by atoms with Crippen molar-refractivity contribution >= 4 is 15.7 Å². The molecule has 0 aliphatic carbocycles. The van der Waals surface area contributed by atoms with Crippen LogP contribution in [0.1, 0.15) is 6.42 Å². The summed E-state index contributed by atoms with van der Waals surface area (Å²) in [6, 6.07) is 5.45. The molecule has 0 aliphatic heterocycles. The number of hydrogen-bond donors (Lipinski definition) is 1. The fraction of sp³-hybridized carbons (Fsp3) is 0.455. The third-order valence-electron chi connectivity index (χ3n) is 2.30. The monoisotopic (exact) mass is 260 g/mol. The van der Waals surface area contributed by atoms with Gasteiger partial charge >= 0.3 is 0 Å². The number of nitrogens with zero attached hydrogens (tertiary/aromatic N) is 1. The molecule has 0 saturated carbocycles. The molecule has 0 radical (unpaired) electrons. The molecule has 1 N–H and O–H groups in total. The van der Waals surface area contributed by atoms with Gasteiger partial charge in [-0.05, 0) is 44.3 Å². The minimum Gasteiger partial charge on any atom is -0.320 e. The molecule has 1 aromatic carbocycles. The molecule has 0 amide bonds. The summed E-state index contributed by atoms with van der Waals surface area (Å²) in [5.41, 5.74) is 0.491. The first-order valence-electron chi connectivity index (χ1n) is 5.33. The molecule has 6 heteroatoms. The quantitative estimate of drug-likeness (QED) is 0.782. The van der Waals surface area contributed by atoms with Crippen LogP contribution in [0.2, 0.25) is 0 Å². The van der Waals surface area contributed by atoms with Crippen LogP contribution < -0.4 is 9.62 Å². The highest BCUT2D eigenvalue weighted by Gasteiger charge is 2.16. The molecular formula is C11H17FN2O2S. The number of halogens is 1. The van der Waals surface area contributed by atoms with Crippen LogP contribution in [-0.4, -0.2) is 34.8 Å². The Labute approximate surface area is 101 Å². The number of rotatable bonds is 6. The standard InChI is InChI=1S/C11H17FN2O2S/c1-13-8-3-9-14(17(2,15)16)11-6-4-10(12)5-7-11/h4-7,13H,3,8-9H2,1-2H3. The molecule has 0 bridgehead atoms. The smallest absolute Gasteiger partial charge is 0.232 e. The van der Waals surface area contributed by atoms with Crippen LogP contribution >= 0.6 is 0 Å². The summed E-state index contributed by atoms with van der Waals surface area (Å²) in [6.07, 6.45) is 1.84. The third kappa shape index (κ3) is 4.32. The lowest BCUT2D eigenvalue weighted by Crippen LogP contribution is -2.32. The van der Waals surface area contributed by atoms with Gasteiger partial charge in [0.2, 0.25) is 10.0 Å². The van der Waals surface area contributed by atoms with Crippen LogP contribution in [-0.2, 0) is 10.0 Å². The van der Waals surface area contributed by atoms with E-state index < -0.39 is 10.0 Å². The van der Waals surface area contributed by atoms with Crippen LogP contribution in [0.4, 0.5) is 10.1 Å². The Hall–Kier alpha value is -1.14. The van der Waals surface area contributed by atoms with E-state index in [1.165, 1.54) is 28.6 Å². The highest BCUT2D eigenvalue weighted by molar-refractivity contribution is 7.92. The van der Waals surface area contributed by atoms with E-state index in [1.54, 1.807) is 0 Å². The van der Waals surface area contributed by atoms with Gasteiger partial charge in [-0.3, -0.25) is 4.31 Å². The average molecular weight is 260 g/mol. The van der Waals surface area contributed by atoms with E-state index in [-0.39, 0.29) is 5.82 Å². The van der Waals surface area contributed by atoms with E-state index in [4.69, 9.17) is 0 Å². The molecule has 17 heavy (non-hydrogen) atoms. The van der Waals surface area contributed by atoms with E-state index in [9.17, 15) is 12.8 Å². The highest BCUT2D eigenvalue weighted by Crippen LogP contribution is 2.18. The summed E-state index contributed by atoms with van der Waals surface area (Å²) < 4.78 is 37.3. The Balaban J connectivity index is 2.87. The first-order valence-corrected chi connectivity index (χ1v) is 7.18. The van der Waals surface area contributed by atoms with Gasteiger partial charge in [-0.15, -0.1) is 0 Å². The molecule has 0 unspecified atom stereocenters. The number of benzene rings is 1.